The minimum atomic E-state index is -0.206. The lowest BCUT2D eigenvalue weighted by atomic mass is 10.2. The van der Waals surface area contributed by atoms with E-state index in [-0.39, 0.29) is 18.2 Å². The van der Waals surface area contributed by atoms with Gasteiger partial charge in [-0.25, -0.2) is 0 Å². The second-order valence-corrected chi connectivity index (χ2v) is 5.44. The molecule has 0 saturated heterocycles. The molecule has 114 valence electrons. The molecule has 21 heavy (non-hydrogen) atoms. The van der Waals surface area contributed by atoms with Crippen molar-refractivity contribution in [2.45, 2.75) is 32.6 Å². The van der Waals surface area contributed by atoms with Gasteiger partial charge in [0.15, 0.2) is 0 Å². The molecule has 0 radical (unpaired) electrons. The third-order valence-electron chi connectivity index (χ3n) is 2.66. The number of hydrazine groups is 1. The van der Waals surface area contributed by atoms with E-state index in [2.05, 4.69) is 38.7 Å². The zero-order valence-electron chi connectivity index (χ0n) is 12.0. The van der Waals surface area contributed by atoms with Gasteiger partial charge in [0, 0.05) is 16.6 Å². The van der Waals surface area contributed by atoms with Crippen LogP contribution in [0.25, 0.3) is 0 Å². The molecule has 1 aromatic carbocycles. The molecule has 0 atom stereocenters. The normalized spacial score (nSPS) is 9.81. The van der Waals surface area contributed by atoms with Gasteiger partial charge >= 0.3 is 0 Å². The van der Waals surface area contributed by atoms with E-state index in [1.807, 2.05) is 25.1 Å². The fourth-order valence-electron chi connectivity index (χ4n) is 1.55. The van der Waals surface area contributed by atoms with Crippen molar-refractivity contribution >= 4 is 33.4 Å². The van der Waals surface area contributed by atoms with Crippen LogP contribution in [0.15, 0.2) is 41.0 Å². The number of amides is 2. The van der Waals surface area contributed by atoms with Gasteiger partial charge in [-0.15, -0.1) is 0 Å². The minimum Gasteiger partial charge on any atom is -0.325 e. The molecule has 6 heteroatoms. The van der Waals surface area contributed by atoms with Gasteiger partial charge in [-0.05, 0) is 34.5 Å². The summed E-state index contributed by atoms with van der Waals surface area (Å²) in [6.07, 6.45) is 2.33. The molecule has 0 aliphatic rings. The van der Waals surface area contributed by atoms with Crippen LogP contribution >= 0.6 is 15.9 Å². The monoisotopic (exact) mass is 353 g/mol. The van der Waals surface area contributed by atoms with Crippen LogP contribution < -0.4 is 16.2 Å². The molecule has 0 aromatic heterocycles. The van der Waals surface area contributed by atoms with Crippen molar-refractivity contribution in [3.8, 4) is 0 Å². The zero-order valence-corrected chi connectivity index (χ0v) is 13.6. The summed E-state index contributed by atoms with van der Waals surface area (Å²) in [5.74, 6) is -0.314. The molecule has 0 fully saturated rings. The van der Waals surface area contributed by atoms with Gasteiger partial charge in [-0.3, -0.25) is 15.0 Å². The second kappa shape index (κ2) is 9.18. The summed E-state index contributed by atoms with van der Waals surface area (Å²) in [6, 6.07) is 7.34. The first kappa shape index (κ1) is 17.2. The van der Waals surface area contributed by atoms with E-state index in [1.54, 1.807) is 6.07 Å². The van der Waals surface area contributed by atoms with Gasteiger partial charge in [-0.2, -0.15) is 0 Å². The highest BCUT2D eigenvalue weighted by molar-refractivity contribution is 9.10. The first-order chi connectivity index (χ1) is 10.0. The van der Waals surface area contributed by atoms with Crippen LogP contribution in [-0.2, 0) is 9.59 Å². The number of anilines is 1. The van der Waals surface area contributed by atoms with Crippen molar-refractivity contribution in [2.24, 2.45) is 0 Å². The van der Waals surface area contributed by atoms with Crippen molar-refractivity contribution in [1.82, 2.24) is 10.9 Å². The number of unbranched alkanes of at least 4 members (excludes halogenated alkanes) is 1. The maximum atomic E-state index is 11.8. The third-order valence-corrected chi connectivity index (χ3v) is 3.35. The topological polar surface area (TPSA) is 70.2 Å². The first-order valence-electron chi connectivity index (χ1n) is 6.80. The lowest BCUT2D eigenvalue weighted by molar-refractivity contribution is -0.122. The molecule has 3 N–H and O–H groups in total. The highest BCUT2D eigenvalue weighted by Gasteiger charge is 2.07. The van der Waals surface area contributed by atoms with Crippen LogP contribution in [0.1, 0.15) is 32.6 Å². The lowest BCUT2D eigenvalue weighted by Crippen LogP contribution is -2.37. The molecular formula is C15H20BrN3O2. The SMILES string of the molecule is C=C(CC(=O)Nc1ccccc1Br)NNC(=O)CCCC. The van der Waals surface area contributed by atoms with Crippen LogP contribution in [0.4, 0.5) is 5.69 Å². The summed E-state index contributed by atoms with van der Waals surface area (Å²) in [5.41, 5.74) is 6.31. The number of carbonyl (C=O) groups is 2. The van der Waals surface area contributed by atoms with E-state index in [0.717, 1.165) is 17.3 Å². The lowest BCUT2D eigenvalue weighted by Gasteiger charge is -2.11. The Morgan fingerprint density at radius 3 is 2.57 bits per heavy atom. The maximum absolute atomic E-state index is 11.8. The molecule has 0 saturated carbocycles. The largest absolute Gasteiger partial charge is 0.325 e. The van der Waals surface area contributed by atoms with E-state index in [0.29, 0.717) is 17.8 Å². The number of hydrogen-bond acceptors (Lipinski definition) is 3. The quantitative estimate of drug-likeness (QED) is 0.629. The van der Waals surface area contributed by atoms with Crippen LogP contribution in [-0.4, -0.2) is 11.8 Å². The molecule has 1 rings (SSSR count). The van der Waals surface area contributed by atoms with Crippen molar-refractivity contribution in [1.29, 1.82) is 0 Å². The first-order valence-corrected chi connectivity index (χ1v) is 7.59. The second-order valence-electron chi connectivity index (χ2n) is 4.59. The number of halogens is 1. The number of benzene rings is 1. The molecule has 0 heterocycles. The molecule has 0 bridgehead atoms. The van der Waals surface area contributed by atoms with E-state index in [1.165, 1.54) is 0 Å². The van der Waals surface area contributed by atoms with Crippen molar-refractivity contribution in [3.63, 3.8) is 0 Å². The van der Waals surface area contributed by atoms with Crippen molar-refractivity contribution in [2.75, 3.05) is 5.32 Å². The van der Waals surface area contributed by atoms with Crippen LogP contribution in [0.2, 0.25) is 0 Å². The Labute approximate surface area is 133 Å². The predicted octanol–water partition coefficient (Wildman–Crippen LogP) is 3.10. The Kier molecular flexibility index (Phi) is 7.53. The van der Waals surface area contributed by atoms with Gasteiger partial charge < -0.3 is 10.7 Å². The Balaban J connectivity index is 2.33. The van der Waals surface area contributed by atoms with Crippen molar-refractivity contribution < 1.29 is 9.59 Å². The van der Waals surface area contributed by atoms with E-state index >= 15 is 0 Å². The molecule has 0 spiro atoms. The van der Waals surface area contributed by atoms with E-state index in [9.17, 15) is 9.59 Å². The summed E-state index contributed by atoms with van der Waals surface area (Å²) in [7, 11) is 0. The fraction of sp³-hybridized carbons (Fsp3) is 0.333. The predicted molar refractivity (Wildman–Crippen MR) is 87.3 cm³/mol. The summed E-state index contributed by atoms with van der Waals surface area (Å²) < 4.78 is 0.810. The highest BCUT2D eigenvalue weighted by atomic mass is 79.9. The standard InChI is InChI=1S/C15H20BrN3O2/c1-3-4-9-14(20)19-18-11(2)10-15(21)17-13-8-6-5-7-12(13)16/h5-8,18H,2-4,9-10H2,1H3,(H,17,21)(H,19,20). The number of nitrogens with one attached hydrogen (secondary N) is 3. The zero-order chi connectivity index (χ0) is 15.7. The number of rotatable bonds is 8. The summed E-state index contributed by atoms with van der Waals surface area (Å²) in [6.45, 7) is 5.73. The summed E-state index contributed by atoms with van der Waals surface area (Å²) in [5, 5.41) is 2.76. The fourth-order valence-corrected chi connectivity index (χ4v) is 1.94. The smallest absolute Gasteiger partial charge is 0.238 e. The molecule has 2 amide bonds. The van der Waals surface area contributed by atoms with Gasteiger partial charge in [-0.1, -0.05) is 32.1 Å². The van der Waals surface area contributed by atoms with Gasteiger partial charge in [0.25, 0.3) is 0 Å². The van der Waals surface area contributed by atoms with E-state index in [4.69, 9.17) is 0 Å². The number of carbonyl (C=O) groups excluding carboxylic acids is 2. The molecule has 0 unspecified atom stereocenters. The third kappa shape index (κ3) is 6.94. The van der Waals surface area contributed by atoms with E-state index < -0.39 is 0 Å². The molecule has 1 aromatic rings. The van der Waals surface area contributed by atoms with Gasteiger partial charge in [0.1, 0.15) is 0 Å². The van der Waals surface area contributed by atoms with Crippen LogP contribution in [0.3, 0.4) is 0 Å². The average molecular weight is 354 g/mol. The molecular weight excluding hydrogens is 334 g/mol. The molecule has 0 aliphatic heterocycles. The van der Waals surface area contributed by atoms with Crippen molar-refractivity contribution in [3.05, 3.63) is 41.0 Å². The molecule has 0 aliphatic carbocycles. The van der Waals surface area contributed by atoms with Crippen LogP contribution in [0, 0.1) is 0 Å². The summed E-state index contributed by atoms with van der Waals surface area (Å²) in [4.78, 5) is 23.3. The Bertz CT molecular complexity index is 517. The minimum absolute atomic E-state index is 0.0788. The Hall–Kier alpha value is -1.82. The Morgan fingerprint density at radius 2 is 1.90 bits per heavy atom. The summed E-state index contributed by atoms with van der Waals surface area (Å²) >= 11 is 3.36. The average Bonchev–Trinajstić information content (AvgIpc) is 2.45. The molecule has 5 nitrogen and oxygen atoms in total. The van der Waals surface area contributed by atoms with Gasteiger partial charge in [0.2, 0.25) is 11.8 Å². The van der Waals surface area contributed by atoms with Crippen LogP contribution in [0.5, 0.6) is 0 Å². The Morgan fingerprint density at radius 1 is 1.19 bits per heavy atom. The highest BCUT2D eigenvalue weighted by Crippen LogP contribution is 2.21. The maximum Gasteiger partial charge on any atom is 0.238 e. The number of para-hydroxylation sites is 1. The number of hydrogen-bond donors (Lipinski definition) is 3. The van der Waals surface area contributed by atoms with Gasteiger partial charge in [0.05, 0.1) is 12.1 Å².